The molecule has 0 saturated carbocycles. The van der Waals surface area contributed by atoms with Crippen LogP contribution in [0.25, 0.3) is 11.5 Å². The number of hydrogen-bond donors (Lipinski definition) is 0. The summed E-state index contributed by atoms with van der Waals surface area (Å²) < 4.78 is 39.7. The molecule has 0 spiro atoms. The number of aryl methyl sites for hydroxylation is 2. The van der Waals surface area contributed by atoms with Crippen molar-refractivity contribution in [2.75, 3.05) is 11.4 Å². The van der Waals surface area contributed by atoms with E-state index in [0.717, 1.165) is 11.1 Å². The van der Waals surface area contributed by atoms with E-state index in [-0.39, 0.29) is 11.4 Å². The van der Waals surface area contributed by atoms with Gasteiger partial charge in [-0.25, -0.2) is 13.4 Å². The summed E-state index contributed by atoms with van der Waals surface area (Å²) in [6.45, 7) is 3.82. The van der Waals surface area contributed by atoms with Gasteiger partial charge in [0.25, 0.3) is 10.0 Å². The molecule has 6 nitrogen and oxygen atoms in total. The lowest BCUT2D eigenvalue weighted by atomic mass is 10.1. The summed E-state index contributed by atoms with van der Waals surface area (Å²) in [6, 6.07) is 23.1. The van der Waals surface area contributed by atoms with Crippen LogP contribution in [0.1, 0.15) is 17.0 Å². The zero-order valence-corrected chi connectivity index (χ0v) is 19.0. The first-order chi connectivity index (χ1) is 15.4. The molecule has 0 radical (unpaired) electrons. The molecule has 0 aliphatic heterocycles. The molecule has 4 rings (SSSR count). The standard InChI is InChI=1S/C25H24N2O4S/c1-18-12-14-20(15-13-18)25-26-24(19(2)31-25)17-27(21-8-7-9-22(16-21)30-3)32(28,29)23-10-5-4-6-11-23/h4-16H,17H2,1-3H3. The Morgan fingerprint density at radius 1 is 0.938 bits per heavy atom. The van der Waals surface area contributed by atoms with Gasteiger partial charge in [-0.05, 0) is 50.2 Å². The Balaban J connectivity index is 1.77. The van der Waals surface area contributed by atoms with E-state index in [1.807, 2.05) is 31.2 Å². The van der Waals surface area contributed by atoms with Crippen LogP contribution in [-0.4, -0.2) is 20.5 Å². The fourth-order valence-corrected chi connectivity index (χ4v) is 4.77. The van der Waals surface area contributed by atoms with Gasteiger partial charge < -0.3 is 9.15 Å². The number of ether oxygens (including phenoxy) is 1. The van der Waals surface area contributed by atoms with Gasteiger partial charge in [-0.2, -0.15) is 0 Å². The lowest BCUT2D eigenvalue weighted by molar-refractivity contribution is 0.415. The maximum Gasteiger partial charge on any atom is 0.264 e. The first-order valence-corrected chi connectivity index (χ1v) is 11.6. The Bertz CT molecular complexity index is 1310. The molecular weight excluding hydrogens is 424 g/mol. The van der Waals surface area contributed by atoms with Crippen molar-refractivity contribution in [2.45, 2.75) is 25.3 Å². The minimum atomic E-state index is -3.86. The molecule has 4 aromatic rings. The molecule has 0 amide bonds. The predicted octanol–water partition coefficient (Wildman–Crippen LogP) is 5.36. The number of rotatable bonds is 7. The van der Waals surface area contributed by atoms with Crippen molar-refractivity contribution < 1.29 is 17.6 Å². The molecule has 1 aromatic heterocycles. The minimum Gasteiger partial charge on any atom is -0.497 e. The van der Waals surface area contributed by atoms with Crippen LogP contribution in [0.4, 0.5) is 5.69 Å². The summed E-state index contributed by atoms with van der Waals surface area (Å²) in [7, 11) is -2.31. The van der Waals surface area contributed by atoms with Gasteiger partial charge in [-0.1, -0.05) is 42.0 Å². The average molecular weight is 449 g/mol. The van der Waals surface area contributed by atoms with Crippen LogP contribution in [0.15, 0.2) is 88.2 Å². The third-order valence-electron chi connectivity index (χ3n) is 5.16. The maximum atomic E-state index is 13.6. The molecule has 0 bridgehead atoms. The number of methoxy groups -OCH3 is 1. The van der Waals surface area contributed by atoms with Gasteiger partial charge in [0.05, 0.1) is 24.2 Å². The van der Waals surface area contributed by atoms with Gasteiger partial charge in [-0.3, -0.25) is 4.31 Å². The van der Waals surface area contributed by atoms with E-state index in [9.17, 15) is 8.42 Å². The zero-order chi connectivity index (χ0) is 22.7. The number of nitrogens with zero attached hydrogens (tertiary/aromatic N) is 2. The highest BCUT2D eigenvalue weighted by Crippen LogP contribution is 2.30. The van der Waals surface area contributed by atoms with Crippen LogP contribution in [0, 0.1) is 13.8 Å². The van der Waals surface area contributed by atoms with Crippen molar-refractivity contribution in [1.82, 2.24) is 4.98 Å². The molecule has 164 valence electrons. The molecule has 0 aliphatic rings. The second-order valence-electron chi connectivity index (χ2n) is 7.41. The lowest BCUT2D eigenvalue weighted by Crippen LogP contribution is -2.31. The largest absolute Gasteiger partial charge is 0.497 e. The average Bonchev–Trinajstić information content (AvgIpc) is 3.18. The van der Waals surface area contributed by atoms with E-state index in [1.54, 1.807) is 68.6 Å². The molecule has 0 atom stereocenters. The molecule has 0 aliphatic carbocycles. The van der Waals surface area contributed by atoms with Crippen molar-refractivity contribution >= 4 is 15.7 Å². The highest BCUT2D eigenvalue weighted by Gasteiger charge is 2.27. The van der Waals surface area contributed by atoms with Gasteiger partial charge in [0.1, 0.15) is 17.2 Å². The van der Waals surface area contributed by atoms with Gasteiger partial charge in [0, 0.05) is 11.6 Å². The molecule has 7 heteroatoms. The summed E-state index contributed by atoms with van der Waals surface area (Å²) in [5.74, 6) is 1.59. The van der Waals surface area contributed by atoms with Crippen LogP contribution in [0.5, 0.6) is 5.75 Å². The summed E-state index contributed by atoms with van der Waals surface area (Å²) in [6.07, 6.45) is 0. The quantitative estimate of drug-likeness (QED) is 0.380. The predicted molar refractivity (Wildman–Crippen MR) is 124 cm³/mol. The highest BCUT2D eigenvalue weighted by atomic mass is 32.2. The first kappa shape index (κ1) is 21.6. The third kappa shape index (κ3) is 4.38. The van der Waals surface area contributed by atoms with Crippen LogP contribution in [0.2, 0.25) is 0 Å². The molecule has 0 N–H and O–H groups in total. The normalized spacial score (nSPS) is 11.3. The van der Waals surface area contributed by atoms with Gasteiger partial charge >= 0.3 is 0 Å². The van der Waals surface area contributed by atoms with E-state index in [2.05, 4.69) is 4.98 Å². The number of oxazole rings is 1. The van der Waals surface area contributed by atoms with Gasteiger partial charge in [-0.15, -0.1) is 0 Å². The third-order valence-corrected chi connectivity index (χ3v) is 6.95. The Hall–Kier alpha value is -3.58. The second kappa shape index (κ2) is 8.88. The number of sulfonamides is 1. The van der Waals surface area contributed by atoms with E-state index >= 15 is 0 Å². The number of benzene rings is 3. The molecular formula is C25H24N2O4S. The Kier molecular flexibility index (Phi) is 6.01. The van der Waals surface area contributed by atoms with Crippen molar-refractivity contribution in [2.24, 2.45) is 0 Å². The van der Waals surface area contributed by atoms with Crippen LogP contribution in [0.3, 0.4) is 0 Å². The summed E-state index contributed by atoms with van der Waals surface area (Å²) in [5, 5.41) is 0. The number of aromatic nitrogens is 1. The Labute approximate surface area is 188 Å². The number of hydrogen-bond acceptors (Lipinski definition) is 5. The second-order valence-corrected chi connectivity index (χ2v) is 9.28. The van der Waals surface area contributed by atoms with Crippen molar-refractivity contribution in [3.63, 3.8) is 0 Å². The topological polar surface area (TPSA) is 72.6 Å². The van der Waals surface area contributed by atoms with Crippen molar-refractivity contribution in [3.8, 4) is 17.2 Å². The van der Waals surface area contributed by atoms with Gasteiger partial charge in [0.2, 0.25) is 5.89 Å². The highest BCUT2D eigenvalue weighted by molar-refractivity contribution is 7.92. The zero-order valence-electron chi connectivity index (χ0n) is 18.1. The van der Waals surface area contributed by atoms with Crippen LogP contribution >= 0.6 is 0 Å². The van der Waals surface area contributed by atoms with Crippen LogP contribution in [-0.2, 0) is 16.6 Å². The summed E-state index contributed by atoms with van der Waals surface area (Å²) in [5.41, 5.74) is 2.99. The fourth-order valence-electron chi connectivity index (χ4n) is 3.33. The maximum absolute atomic E-state index is 13.6. The van der Waals surface area contributed by atoms with E-state index in [4.69, 9.17) is 9.15 Å². The molecule has 3 aromatic carbocycles. The molecule has 1 heterocycles. The van der Waals surface area contributed by atoms with Crippen molar-refractivity contribution in [1.29, 1.82) is 0 Å². The Morgan fingerprint density at radius 3 is 2.34 bits per heavy atom. The summed E-state index contributed by atoms with van der Waals surface area (Å²) >= 11 is 0. The van der Waals surface area contributed by atoms with E-state index < -0.39 is 10.0 Å². The lowest BCUT2D eigenvalue weighted by Gasteiger charge is -2.24. The van der Waals surface area contributed by atoms with Gasteiger partial charge in [0.15, 0.2) is 0 Å². The molecule has 0 saturated heterocycles. The molecule has 32 heavy (non-hydrogen) atoms. The SMILES string of the molecule is COc1cccc(N(Cc2nc(-c3ccc(C)cc3)oc2C)S(=O)(=O)c2ccccc2)c1. The monoisotopic (exact) mass is 448 g/mol. The van der Waals surface area contributed by atoms with Crippen molar-refractivity contribution in [3.05, 3.63) is 95.9 Å². The van der Waals surface area contributed by atoms with E-state index in [1.165, 1.54) is 4.31 Å². The smallest absolute Gasteiger partial charge is 0.264 e. The number of anilines is 1. The van der Waals surface area contributed by atoms with Crippen LogP contribution < -0.4 is 9.04 Å². The minimum absolute atomic E-state index is 0.0194. The summed E-state index contributed by atoms with van der Waals surface area (Å²) in [4.78, 5) is 4.82. The fraction of sp³-hybridized carbons (Fsp3) is 0.160. The molecule has 0 fully saturated rings. The van der Waals surface area contributed by atoms with E-state index in [0.29, 0.717) is 28.8 Å². The Morgan fingerprint density at radius 2 is 1.66 bits per heavy atom. The first-order valence-electron chi connectivity index (χ1n) is 10.1. The molecule has 0 unspecified atom stereocenters.